The molecule has 0 spiro atoms. The van der Waals surface area contributed by atoms with Crippen molar-refractivity contribution in [3.8, 4) is 0 Å². The number of hydrogen-bond donors (Lipinski definition) is 1. The van der Waals surface area contributed by atoms with Crippen molar-refractivity contribution in [2.45, 2.75) is 49.3 Å². The Morgan fingerprint density at radius 1 is 1.18 bits per heavy atom. The van der Waals surface area contributed by atoms with Crippen molar-refractivity contribution in [1.82, 2.24) is 5.32 Å². The van der Waals surface area contributed by atoms with E-state index < -0.39 is 20.5 Å². The van der Waals surface area contributed by atoms with E-state index in [1.165, 1.54) is 12.1 Å². The van der Waals surface area contributed by atoms with Crippen LogP contribution in [0.25, 0.3) is 0 Å². The van der Waals surface area contributed by atoms with E-state index in [9.17, 15) is 22.0 Å². The van der Waals surface area contributed by atoms with Crippen LogP contribution >= 0.6 is 0 Å². The largest absolute Gasteiger partial charge is 0.349 e. The van der Waals surface area contributed by atoms with E-state index in [0.717, 1.165) is 37.8 Å². The summed E-state index contributed by atoms with van der Waals surface area (Å²) in [5, 5.41) is 2.93. The number of hydrogen-bond acceptors (Lipinski definition) is 3. The molecule has 22 heavy (non-hydrogen) atoms. The molecule has 1 N–H and O–H groups in total. The molecule has 7 heteroatoms. The Morgan fingerprint density at radius 3 is 2.32 bits per heavy atom. The maximum Gasteiger partial charge on any atom is 0.341 e. The normalized spacial score (nSPS) is 22.5. The number of rotatable bonds is 4. The van der Waals surface area contributed by atoms with Gasteiger partial charge in [0.05, 0.1) is 4.90 Å². The SMILES string of the molecule is C[C@@H]1CCCC[C@@H]1NC(=O)c1ccc(S(=O)(=O)C(F)F)cc1. The summed E-state index contributed by atoms with van der Waals surface area (Å²) in [6.45, 7) is 2.09. The summed E-state index contributed by atoms with van der Waals surface area (Å²) < 4.78 is 47.5. The van der Waals surface area contributed by atoms with E-state index in [1.54, 1.807) is 0 Å². The third-order valence-corrected chi connectivity index (χ3v) is 5.51. The number of sulfone groups is 1. The average Bonchev–Trinajstić information content (AvgIpc) is 2.49. The highest BCUT2D eigenvalue weighted by molar-refractivity contribution is 7.91. The molecule has 2 rings (SSSR count). The zero-order chi connectivity index (χ0) is 16.3. The van der Waals surface area contributed by atoms with Crippen LogP contribution in [0.1, 0.15) is 43.0 Å². The molecule has 1 aliphatic rings. The summed E-state index contributed by atoms with van der Waals surface area (Å²) in [5.74, 6) is -3.37. The van der Waals surface area contributed by atoms with Crippen molar-refractivity contribution in [2.24, 2.45) is 5.92 Å². The Kier molecular flexibility index (Phi) is 5.16. The first-order valence-corrected chi connectivity index (χ1v) is 8.80. The van der Waals surface area contributed by atoms with E-state index in [2.05, 4.69) is 12.2 Å². The van der Waals surface area contributed by atoms with Crippen LogP contribution in [0.15, 0.2) is 29.2 Å². The molecule has 0 radical (unpaired) electrons. The van der Waals surface area contributed by atoms with E-state index in [-0.39, 0.29) is 17.5 Å². The number of carbonyl (C=O) groups is 1. The average molecular weight is 331 g/mol. The number of amides is 1. The van der Waals surface area contributed by atoms with Gasteiger partial charge in [-0.1, -0.05) is 19.8 Å². The van der Waals surface area contributed by atoms with Crippen molar-refractivity contribution in [3.05, 3.63) is 29.8 Å². The van der Waals surface area contributed by atoms with Crippen LogP contribution < -0.4 is 5.32 Å². The van der Waals surface area contributed by atoms with Gasteiger partial charge in [0.1, 0.15) is 0 Å². The number of nitrogens with one attached hydrogen (secondary N) is 1. The smallest absolute Gasteiger partial charge is 0.341 e. The first kappa shape index (κ1) is 16.9. The fourth-order valence-electron chi connectivity index (χ4n) is 2.68. The molecule has 1 aliphatic carbocycles. The molecule has 122 valence electrons. The first-order chi connectivity index (χ1) is 10.3. The quantitative estimate of drug-likeness (QED) is 0.922. The van der Waals surface area contributed by atoms with Crippen molar-refractivity contribution < 1.29 is 22.0 Å². The molecule has 0 unspecified atom stereocenters. The molecule has 1 amide bonds. The second-order valence-electron chi connectivity index (χ2n) is 5.67. The molecule has 1 aromatic carbocycles. The van der Waals surface area contributed by atoms with Gasteiger partial charge < -0.3 is 5.32 Å². The second kappa shape index (κ2) is 6.73. The maximum absolute atomic E-state index is 12.4. The van der Waals surface area contributed by atoms with Crippen molar-refractivity contribution >= 4 is 15.7 Å². The molecule has 4 nitrogen and oxygen atoms in total. The summed E-state index contributed by atoms with van der Waals surface area (Å²) in [6.07, 6.45) is 4.22. The van der Waals surface area contributed by atoms with Crippen molar-refractivity contribution in [2.75, 3.05) is 0 Å². The van der Waals surface area contributed by atoms with Gasteiger partial charge in [0.15, 0.2) is 0 Å². The predicted molar refractivity (Wildman–Crippen MR) is 78.5 cm³/mol. The van der Waals surface area contributed by atoms with Gasteiger partial charge in [-0.25, -0.2) is 8.42 Å². The van der Waals surface area contributed by atoms with Gasteiger partial charge in [0.25, 0.3) is 5.91 Å². The fraction of sp³-hybridized carbons (Fsp3) is 0.533. The summed E-state index contributed by atoms with van der Waals surface area (Å²) in [4.78, 5) is 11.7. The van der Waals surface area contributed by atoms with E-state index in [1.807, 2.05) is 0 Å². The van der Waals surface area contributed by atoms with Crippen LogP contribution in [-0.2, 0) is 9.84 Å². The number of halogens is 2. The van der Waals surface area contributed by atoms with Gasteiger partial charge in [-0.3, -0.25) is 4.79 Å². The molecule has 0 heterocycles. The molecule has 0 saturated heterocycles. The third-order valence-electron chi connectivity index (χ3n) is 4.11. The van der Waals surface area contributed by atoms with E-state index in [0.29, 0.717) is 5.92 Å². The lowest BCUT2D eigenvalue weighted by atomic mass is 9.86. The Morgan fingerprint density at radius 2 is 1.77 bits per heavy atom. The Labute approximate surface area is 128 Å². The van der Waals surface area contributed by atoms with Crippen molar-refractivity contribution in [1.29, 1.82) is 0 Å². The van der Waals surface area contributed by atoms with Gasteiger partial charge in [-0.15, -0.1) is 0 Å². The van der Waals surface area contributed by atoms with Gasteiger partial charge in [0, 0.05) is 11.6 Å². The lowest BCUT2D eigenvalue weighted by Crippen LogP contribution is -2.41. The summed E-state index contributed by atoms with van der Waals surface area (Å²) in [5.41, 5.74) is 0.269. The first-order valence-electron chi connectivity index (χ1n) is 7.25. The topological polar surface area (TPSA) is 63.2 Å². The molecule has 0 aromatic heterocycles. The Balaban J connectivity index is 2.08. The highest BCUT2D eigenvalue weighted by Crippen LogP contribution is 2.24. The Bertz CT molecular complexity index is 629. The van der Waals surface area contributed by atoms with Crippen molar-refractivity contribution in [3.63, 3.8) is 0 Å². The highest BCUT2D eigenvalue weighted by atomic mass is 32.2. The van der Waals surface area contributed by atoms with E-state index in [4.69, 9.17) is 0 Å². The summed E-state index contributed by atoms with van der Waals surface area (Å²) in [7, 11) is -4.62. The number of benzene rings is 1. The van der Waals surface area contributed by atoms with Crippen LogP contribution in [0, 0.1) is 5.92 Å². The maximum atomic E-state index is 12.4. The number of alkyl halides is 2. The lowest BCUT2D eigenvalue weighted by molar-refractivity contribution is 0.0910. The monoisotopic (exact) mass is 331 g/mol. The zero-order valence-electron chi connectivity index (χ0n) is 12.3. The summed E-state index contributed by atoms with van der Waals surface area (Å²) in [6, 6.07) is 4.71. The minimum Gasteiger partial charge on any atom is -0.349 e. The van der Waals surface area contributed by atoms with Crippen LogP contribution in [0.5, 0.6) is 0 Å². The molecule has 0 bridgehead atoms. The molecular weight excluding hydrogens is 312 g/mol. The minimum atomic E-state index is -4.62. The zero-order valence-corrected chi connectivity index (χ0v) is 13.1. The van der Waals surface area contributed by atoms with Crippen LogP contribution in [0.2, 0.25) is 0 Å². The third kappa shape index (κ3) is 3.63. The standard InChI is InChI=1S/C15H19F2NO3S/c1-10-4-2-3-5-13(10)18-14(19)11-6-8-12(9-7-11)22(20,21)15(16)17/h6-10,13,15H,2-5H2,1H3,(H,18,19)/t10-,13+/m1/s1. The molecule has 1 saturated carbocycles. The van der Waals surface area contributed by atoms with Crippen LogP contribution in [-0.4, -0.2) is 26.1 Å². The van der Waals surface area contributed by atoms with E-state index >= 15 is 0 Å². The Hall–Kier alpha value is -1.50. The van der Waals surface area contributed by atoms with Gasteiger partial charge in [-0.05, 0) is 43.0 Å². The second-order valence-corrected chi connectivity index (χ2v) is 7.59. The lowest BCUT2D eigenvalue weighted by Gasteiger charge is -2.29. The van der Waals surface area contributed by atoms with Crippen LogP contribution in [0.3, 0.4) is 0 Å². The van der Waals surface area contributed by atoms with Gasteiger partial charge in [0.2, 0.25) is 9.84 Å². The molecule has 0 aliphatic heterocycles. The fourth-order valence-corrected chi connectivity index (χ4v) is 3.40. The molecule has 1 fully saturated rings. The minimum absolute atomic E-state index is 0.103. The van der Waals surface area contributed by atoms with Gasteiger partial charge in [-0.2, -0.15) is 8.78 Å². The molecule has 1 aromatic rings. The predicted octanol–water partition coefficient (Wildman–Crippen LogP) is 2.99. The highest BCUT2D eigenvalue weighted by Gasteiger charge is 2.27. The molecular formula is C15H19F2NO3S. The van der Waals surface area contributed by atoms with Crippen LogP contribution in [0.4, 0.5) is 8.78 Å². The molecule has 2 atom stereocenters. The number of carbonyl (C=O) groups excluding carboxylic acids is 1. The van der Waals surface area contributed by atoms with Gasteiger partial charge >= 0.3 is 5.76 Å². The summed E-state index contributed by atoms with van der Waals surface area (Å²) >= 11 is 0.